The normalized spacial score (nSPS) is 24.6. The number of ether oxygens (including phenoxy) is 2. The number of benzene rings is 1. The smallest absolute Gasteiger partial charge is 0.265 e. The molecular weight excluding hydrogens is 260 g/mol. The van der Waals surface area contributed by atoms with Crippen molar-refractivity contribution in [1.29, 1.82) is 0 Å². The Balaban J connectivity index is 1.82. The van der Waals surface area contributed by atoms with E-state index in [2.05, 4.69) is 10.6 Å². The summed E-state index contributed by atoms with van der Waals surface area (Å²) in [6.07, 6.45) is 0.667. The molecule has 3 rings (SSSR count). The van der Waals surface area contributed by atoms with Gasteiger partial charge in [0.25, 0.3) is 11.8 Å². The van der Waals surface area contributed by atoms with Crippen LogP contribution in [-0.4, -0.2) is 30.6 Å². The third kappa shape index (κ3) is 2.34. The first kappa shape index (κ1) is 12.9. The molecule has 0 saturated carbocycles. The van der Waals surface area contributed by atoms with Crippen molar-refractivity contribution in [1.82, 2.24) is 0 Å². The third-order valence-corrected chi connectivity index (χ3v) is 3.43. The number of hydrogen-bond acceptors (Lipinski definition) is 4. The summed E-state index contributed by atoms with van der Waals surface area (Å²) in [4.78, 5) is 23.7. The molecule has 2 aliphatic heterocycles. The average molecular weight is 276 g/mol. The van der Waals surface area contributed by atoms with E-state index in [0.717, 1.165) is 12.8 Å². The number of hydrogen-bond donors (Lipinski definition) is 2. The zero-order valence-corrected chi connectivity index (χ0v) is 11.1. The molecule has 2 unspecified atom stereocenters. The Morgan fingerprint density at radius 2 is 2.30 bits per heavy atom. The molecule has 2 N–H and O–H groups in total. The van der Waals surface area contributed by atoms with Crippen LogP contribution < -0.4 is 15.4 Å². The van der Waals surface area contributed by atoms with Gasteiger partial charge in [-0.2, -0.15) is 0 Å². The van der Waals surface area contributed by atoms with E-state index in [1.165, 1.54) is 0 Å². The van der Waals surface area contributed by atoms with Gasteiger partial charge in [-0.05, 0) is 31.9 Å². The van der Waals surface area contributed by atoms with Gasteiger partial charge in [-0.25, -0.2) is 0 Å². The van der Waals surface area contributed by atoms with Crippen LogP contribution in [-0.2, 0) is 14.3 Å². The summed E-state index contributed by atoms with van der Waals surface area (Å²) in [6, 6.07) is 5.26. The van der Waals surface area contributed by atoms with Gasteiger partial charge in [0.05, 0.1) is 5.69 Å². The summed E-state index contributed by atoms with van der Waals surface area (Å²) in [7, 11) is 0. The fourth-order valence-electron chi connectivity index (χ4n) is 2.33. The van der Waals surface area contributed by atoms with Gasteiger partial charge in [0.2, 0.25) is 0 Å². The zero-order valence-electron chi connectivity index (χ0n) is 11.1. The average Bonchev–Trinajstić information content (AvgIpc) is 2.95. The molecule has 0 bridgehead atoms. The molecule has 1 saturated heterocycles. The van der Waals surface area contributed by atoms with Crippen LogP contribution in [0.2, 0.25) is 0 Å². The number of anilines is 2. The van der Waals surface area contributed by atoms with Crippen molar-refractivity contribution in [3.8, 4) is 5.75 Å². The van der Waals surface area contributed by atoms with Crippen molar-refractivity contribution in [3.05, 3.63) is 18.2 Å². The highest BCUT2D eigenvalue weighted by molar-refractivity contribution is 6.05. The van der Waals surface area contributed by atoms with Crippen molar-refractivity contribution in [2.24, 2.45) is 0 Å². The summed E-state index contributed by atoms with van der Waals surface area (Å²) in [6.45, 7) is 2.29. The van der Waals surface area contributed by atoms with E-state index in [9.17, 15) is 9.59 Å². The van der Waals surface area contributed by atoms with Gasteiger partial charge in [-0.1, -0.05) is 6.07 Å². The van der Waals surface area contributed by atoms with Gasteiger partial charge in [0.1, 0.15) is 17.5 Å². The van der Waals surface area contributed by atoms with E-state index in [4.69, 9.17) is 9.47 Å². The van der Waals surface area contributed by atoms with Crippen molar-refractivity contribution in [3.63, 3.8) is 0 Å². The molecule has 20 heavy (non-hydrogen) atoms. The number of carbonyl (C=O) groups is 2. The Bertz CT molecular complexity index is 552. The molecule has 6 heteroatoms. The molecule has 2 atom stereocenters. The van der Waals surface area contributed by atoms with Crippen LogP contribution in [0.5, 0.6) is 5.75 Å². The van der Waals surface area contributed by atoms with Crippen LogP contribution in [0.25, 0.3) is 0 Å². The highest BCUT2D eigenvalue weighted by atomic mass is 16.5. The van der Waals surface area contributed by atoms with Crippen molar-refractivity contribution < 1.29 is 19.1 Å². The van der Waals surface area contributed by atoms with Crippen molar-refractivity contribution in [2.45, 2.75) is 32.0 Å². The van der Waals surface area contributed by atoms with Crippen LogP contribution >= 0.6 is 0 Å². The molecule has 0 aliphatic carbocycles. The Morgan fingerprint density at radius 1 is 1.45 bits per heavy atom. The molecule has 0 radical (unpaired) electrons. The standard InChI is InChI=1S/C14H16N2O4/c1-8-13(17)16-12-9(4-2-5-10(12)20-8)15-14(18)11-6-3-7-19-11/h2,4-5,8,11H,3,6-7H2,1H3,(H,15,18)(H,16,17). The minimum atomic E-state index is -0.536. The molecule has 1 fully saturated rings. The summed E-state index contributed by atoms with van der Waals surface area (Å²) >= 11 is 0. The third-order valence-electron chi connectivity index (χ3n) is 3.43. The number of carbonyl (C=O) groups excluding carboxylic acids is 2. The topological polar surface area (TPSA) is 76.7 Å². The van der Waals surface area contributed by atoms with Crippen LogP contribution in [0.1, 0.15) is 19.8 Å². The van der Waals surface area contributed by atoms with Gasteiger partial charge in [0, 0.05) is 6.61 Å². The molecule has 0 spiro atoms. The molecule has 1 aromatic carbocycles. The van der Waals surface area contributed by atoms with Crippen LogP contribution in [0.3, 0.4) is 0 Å². The second-order valence-corrected chi connectivity index (χ2v) is 4.92. The molecule has 0 aromatic heterocycles. The number of para-hydroxylation sites is 1. The zero-order chi connectivity index (χ0) is 14.1. The van der Waals surface area contributed by atoms with Crippen LogP contribution in [0, 0.1) is 0 Å². The largest absolute Gasteiger partial charge is 0.479 e. The van der Waals surface area contributed by atoms with Gasteiger partial charge in [-0.3, -0.25) is 9.59 Å². The van der Waals surface area contributed by atoms with Crippen LogP contribution in [0.4, 0.5) is 11.4 Å². The molecule has 2 amide bonds. The van der Waals surface area contributed by atoms with E-state index in [0.29, 0.717) is 23.7 Å². The van der Waals surface area contributed by atoms with Gasteiger partial charge >= 0.3 is 0 Å². The first-order valence-electron chi connectivity index (χ1n) is 6.68. The summed E-state index contributed by atoms with van der Waals surface area (Å²) in [5.41, 5.74) is 1.03. The predicted molar refractivity (Wildman–Crippen MR) is 72.8 cm³/mol. The van der Waals surface area contributed by atoms with E-state index in [1.807, 2.05) is 0 Å². The van der Waals surface area contributed by atoms with Gasteiger partial charge in [0.15, 0.2) is 6.10 Å². The fraction of sp³-hybridized carbons (Fsp3) is 0.429. The highest BCUT2D eigenvalue weighted by Crippen LogP contribution is 2.36. The molecular formula is C14H16N2O4. The summed E-state index contributed by atoms with van der Waals surface area (Å²) in [5, 5.41) is 5.54. The Morgan fingerprint density at radius 3 is 3.05 bits per heavy atom. The maximum atomic E-state index is 12.1. The molecule has 1 aromatic rings. The summed E-state index contributed by atoms with van der Waals surface area (Å²) < 4.78 is 10.8. The Hall–Kier alpha value is -2.08. The van der Waals surface area contributed by atoms with Crippen LogP contribution in [0.15, 0.2) is 18.2 Å². The molecule has 6 nitrogen and oxygen atoms in total. The number of fused-ring (bicyclic) bond motifs is 1. The molecule has 106 valence electrons. The lowest BCUT2D eigenvalue weighted by Gasteiger charge is -2.25. The quantitative estimate of drug-likeness (QED) is 0.858. The minimum absolute atomic E-state index is 0.191. The fourth-order valence-corrected chi connectivity index (χ4v) is 2.33. The first-order valence-corrected chi connectivity index (χ1v) is 6.68. The SMILES string of the molecule is CC1Oc2cccc(NC(=O)C3CCCO3)c2NC1=O. The molecule has 2 aliphatic rings. The van der Waals surface area contributed by atoms with Crippen molar-refractivity contribution >= 4 is 23.2 Å². The minimum Gasteiger partial charge on any atom is -0.479 e. The van der Waals surface area contributed by atoms with E-state index in [-0.39, 0.29) is 11.8 Å². The molecule has 2 heterocycles. The van der Waals surface area contributed by atoms with Gasteiger partial charge < -0.3 is 20.1 Å². The van der Waals surface area contributed by atoms with Gasteiger partial charge in [-0.15, -0.1) is 0 Å². The number of amides is 2. The van der Waals surface area contributed by atoms with E-state index in [1.54, 1.807) is 25.1 Å². The lowest BCUT2D eigenvalue weighted by atomic mass is 10.1. The second kappa shape index (κ2) is 5.13. The maximum Gasteiger partial charge on any atom is 0.265 e. The van der Waals surface area contributed by atoms with Crippen molar-refractivity contribution in [2.75, 3.05) is 17.2 Å². The highest BCUT2D eigenvalue weighted by Gasteiger charge is 2.28. The maximum absolute atomic E-state index is 12.1. The van der Waals surface area contributed by atoms with E-state index < -0.39 is 12.2 Å². The Kier molecular flexibility index (Phi) is 3.31. The first-order chi connectivity index (χ1) is 9.65. The lowest BCUT2D eigenvalue weighted by Crippen LogP contribution is -2.35. The monoisotopic (exact) mass is 276 g/mol. The summed E-state index contributed by atoms with van der Waals surface area (Å²) in [5.74, 6) is 0.141. The van der Waals surface area contributed by atoms with E-state index >= 15 is 0 Å². The predicted octanol–water partition coefficient (Wildman–Crippen LogP) is 1.52. The Labute approximate surface area is 116 Å². The number of nitrogens with one attached hydrogen (secondary N) is 2. The lowest BCUT2D eigenvalue weighted by molar-refractivity contribution is -0.125. The second-order valence-electron chi connectivity index (χ2n) is 4.92. The number of rotatable bonds is 2.